The first kappa shape index (κ1) is 13.0. The van der Waals surface area contributed by atoms with Crippen LogP contribution in [0.2, 0.25) is 0 Å². The van der Waals surface area contributed by atoms with Crippen molar-refractivity contribution in [1.29, 1.82) is 0 Å². The number of nitrogens with zero attached hydrogens (tertiary/aromatic N) is 1. The van der Waals surface area contributed by atoms with Crippen molar-refractivity contribution in [2.24, 2.45) is 0 Å². The van der Waals surface area contributed by atoms with Crippen LogP contribution in [0.15, 0.2) is 53.3 Å². The maximum Gasteiger partial charge on any atom is 0.171 e. The minimum Gasteiger partial charge on any atom is -0.358 e. The molecule has 1 aromatic heterocycles. The summed E-state index contributed by atoms with van der Waals surface area (Å²) in [5.74, 6) is 0. The van der Waals surface area contributed by atoms with Crippen LogP contribution in [0, 0.1) is 0 Å². The molecule has 0 spiro atoms. The van der Waals surface area contributed by atoms with Crippen LogP contribution in [-0.4, -0.2) is 10.1 Å². The molecule has 3 nitrogen and oxygen atoms in total. The maximum absolute atomic E-state index is 5.21. The van der Waals surface area contributed by atoms with Gasteiger partial charge in [0, 0.05) is 29.1 Å². The zero-order valence-electron chi connectivity index (χ0n) is 9.56. The van der Waals surface area contributed by atoms with Crippen molar-refractivity contribution < 1.29 is 0 Å². The third-order valence-corrected chi connectivity index (χ3v) is 3.05. The van der Waals surface area contributed by atoms with Gasteiger partial charge in [0.2, 0.25) is 0 Å². The van der Waals surface area contributed by atoms with E-state index < -0.39 is 0 Å². The van der Waals surface area contributed by atoms with Crippen molar-refractivity contribution in [1.82, 2.24) is 10.3 Å². The van der Waals surface area contributed by atoms with Crippen LogP contribution < -0.4 is 10.6 Å². The van der Waals surface area contributed by atoms with Gasteiger partial charge in [0.05, 0.1) is 0 Å². The highest BCUT2D eigenvalue weighted by Crippen LogP contribution is 2.13. The molecule has 0 bridgehead atoms. The van der Waals surface area contributed by atoms with E-state index >= 15 is 0 Å². The van der Waals surface area contributed by atoms with Crippen LogP contribution in [0.3, 0.4) is 0 Å². The van der Waals surface area contributed by atoms with E-state index in [2.05, 4.69) is 31.5 Å². The Morgan fingerprint density at radius 2 is 2.00 bits per heavy atom. The van der Waals surface area contributed by atoms with Gasteiger partial charge in [0.1, 0.15) is 0 Å². The molecule has 1 aromatic carbocycles. The van der Waals surface area contributed by atoms with Crippen molar-refractivity contribution in [3.8, 4) is 0 Å². The zero-order chi connectivity index (χ0) is 12.8. The lowest BCUT2D eigenvalue weighted by molar-refractivity contribution is 0.916. The van der Waals surface area contributed by atoms with Gasteiger partial charge in [0.15, 0.2) is 5.11 Å². The molecule has 92 valence electrons. The Morgan fingerprint density at radius 1 is 1.22 bits per heavy atom. The summed E-state index contributed by atoms with van der Waals surface area (Å²) in [7, 11) is 0. The fourth-order valence-electron chi connectivity index (χ4n) is 1.39. The predicted octanol–water partition coefficient (Wildman–Crippen LogP) is 3.33. The highest BCUT2D eigenvalue weighted by molar-refractivity contribution is 9.10. The van der Waals surface area contributed by atoms with E-state index in [1.807, 2.05) is 42.6 Å². The Morgan fingerprint density at radius 3 is 2.67 bits per heavy atom. The molecule has 2 N–H and O–H groups in total. The van der Waals surface area contributed by atoms with Crippen molar-refractivity contribution in [3.63, 3.8) is 0 Å². The fourth-order valence-corrected chi connectivity index (χ4v) is 1.85. The second-order valence-corrected chi connectivity index (χ2v) is 5.00. The monoisotopic (exact) mass is 321 g/mol. The van der Waals surface area contributed by atoms with Gasteiger partial charge in [-0.05, 0) is 48.1 Å². The summed E-state index contributed by atoms with van der Waals surface area (Å²) < 4.78 is 1.04. The minimum atomic E-state index is 0.598. The number of benzene rings is 1. The molecule has 1 heterocycles. The molecule has 0 atom stereocenters. The Kier molecular flexibility index (Phi) is 4.66. The number of anilines is 1. The summed E-state index contributed by atoms with van der Waals surface area (Å²) in [6.07, 6.45) is 3.57. The molecule has 0 amide bonds. The lowest BCUT2D eigenvalue weighted by Crippen LogP contribution is -2.27. The molecule has 5 heteroatoms. The molecule has 0 aliphatic heterocycles. The normalized spacial score (nSPS) is 9.83. The first-order chi connectivity index (χ1) is 8.74. The Hall–Kier alpha value is -1.46. The molecule has 0 aliphatic rings. The van der Waals surface area contributed by atoms with Crippen LogP contribution in [0.25, 0.3) is 0 Å². The van der Waals surface area contributed by atoms with E-state index in [1.165, 1.54) is 0 Å². The van der Waals surface area contributed by atoms with Gasteiger partial charge < -0.3 is 10.6 Å². The standard InChI is InChI=1S/C13H12BrN3S/c14-11-3-5-12(6-4-11)17-13(18)16-9-10-2-1-7-15-8-10/h1-8H,9H2,(H2,16,17,18). The first-order valence-electron chi connectivity index (χ1n) is 5.43. The summed E-state index contributed by atoms with van der Waals surface area (Å²) in [5.41, 5.74) is 2.05. The van der Waals surface area contributed by atoms with Gasteiger partial charge in [-0.1, -0.05) is 22.0 Å². The second-order valence-electron chi connectivity index (χ2n) is 3.68. The largest absolute Gasteiger partial charge is 0.358 e. The number of rotatable bonds is 3. The zero-order valence-corrected chi connectivity index (χ0v) is 12.0. The minimum absolute atomic E-state index is 0.598. The molecule has 18 heavy (non-hydrogen) atoms. The molecule has 2 rings (SSSR count). The van der Waals surface area contributed by atoms with Gasteiger partial charge in [-0.15, -0.1) is 0 Å². The average Bonchev–Trinajstić information content (AvgIpc) is 2.40. The summed E-state index contributed by atoms with van der Waals surface area (Å²) >= 11 is 8.60. The van der Waals surface area contributed by atoms with Crippen molar-refractivity contribution in [3.05, 3.63) is 58.8 Å². The third kappa shape index (κ3) is 4.09. The first-order valence-corrected chi connectivity index (χ1v) is 6.63. The summed E-state index contributed by atoms with van der Waals surface area (Å²) in [6.45, 7) is 0.663. The number of hydrogen-bond donors (Lipinski definition) is 2. The van der Waals surface area contributed by atoms with Gasteiger partial charge in [-0.25, -0.2) is 0 Å². The maximum atomic E-state index is 5.21. The highest BCUT2D eigenvalue weighted by atomic mass is 79.9. The van der Waals surface area contributed by atoms with Gasteiger partial charge in [-0.3, -0.25) is 4.98 Å². The average molecular weight is 322 g/mol. The van der Waals surface area contributed by atoms with E-state index in [1.54, 1.807) is 6.20 Å². The molecule has 0 unspecified atom stereocenters. The summed E-state index contributed by atoms with van der Waals surface area (Å²) in [6, 6.07) is 11.8. The van der Waals surface area contributed by atoms with Crippen LogP contribution in [0.4, 0.5) is 5.69 Å². The van der Waals surface area contributed by atoms with Crippen molar-refractivity contribution in [2.45, 2.75) is 6.54 Å². The van der Waals surface area contributed by atoms with E-state index in [0.29, 0.717) is 11.7 Å². The molecule has 0 aliphatic carbocycles. The number of aromatic nitrogens is 1. The van der Waals surface area contributed by atoms with Crippen LogP contribution in [0.5, 0.6) is 0 Å². The SMILES string of the molecule is S=C(NCc1cccnc1)Nc1ccc(Br)cc1. The smallest absolute Gasteiger partial charge is 0.171 e. The van der Waals surface area contributed by atoms with Gasteiger partial charge in [-0.2, -0.15) is 0 Å². The second kappa shape index (κ2) is 6.47. The summed E-state index contributed by atoms with van der Waals surface area (Å²) in [4.78, 5) is 4.05. The molecule has 0 fully saturated rings. The van der Waals surface area contributed by atoms with E-state index in [9.17, 15) is 0 Å². The summed E-state index contributed by atoms with van der Waals surface area (Å²) in [5, 5.41) is 6.85. The van der Waals surface area contributed by atoms with E-state index in [-0.39, 0.29) is 0 Å². The fraction of sp³-hybridized carbons (Fsp3) is 0.0769. The Labute approximate surface area is 120 Å². The number of hydrogen-bond acceptors (Lipinski definition) is 2. The lowest BCUT2D eigenvalue weighted by Gasteiger charge is -2.10. The highest BCUT2D eigenvalue weighted by Gasteiger charge is 1.98. The topological polar surface area (TPSA) is 37.0 Å². The molecule has 0 radical (unpaired) electrons. The lowest BCUT2D eigenvalue weighted by atomic mass is 10.3. The third-order valence-electron chi connectivity index (χ3n) is 2.28. The van der Waals surface area contributed by atoms with Crippen LogP contribution in [-0.2, 0) is 6.54 Å². The van der Waals surface area contributed by atoms with Crippen LogP contribution in [0.1, 0.15) is 5.56 Å². The number of pyridine rings is 1. The Balaban J connectivity index is 1.84. The number of nitrogens with one attached hydrogen (secondary N) is 2. The van der Waals surface area contributed by atoms with Crippen molar-refractivity contribution in [2.75, 3.05) is 5.32 Å². The molecule has 2 aromatic rings. The predicted molar refractivity (Wildman–Crippen MR) is 81.4 cm³/mol. The van der Waals surface area contributed by atoms with E-state index in [0.717, 1.165) is 15.7 Å². The molecular formula is C13H12BrN3S. The molecule has 0 saturated carbocycles. The van der Waals surface area contributed by atoms with E-state index in [4.69, 9.17) is 12.2 Å². The van der Waals surface area contributed by atoms with Crippen molar-refractivity contribution >= 4 is 38.9 Å². The van der Waals surface area contributed by atoms with Gasteiger partial charge in [0.25, 0.3) is 0 Å². The quantitative estimate of drug-likeness (QED) is 0.850. The molecule has 0 saturated heterocycles. The molecular weight excluding hydrogens is 310 g/mol. The van der Waals surface area contributed by atoms with Gasteiger partial charge >= 0.3 is 0 Å². The number of halogens is 1. The Bertz CT molecular complexity index is 514. The number of thiocarbonyl (C=S) groups is 1. The van der Waals surface area contributed by atoms with Crippen LogP contribution >= 0.6 is 28.1 Å².